The molecule has 1 aliphatic heterocycles. The number of nitriles is 1. The molecule has 13 heteroatoms. The largest absolute Gasteiger partial charge is 0.467 e. The standard InChI is InChI=1S/C25H17F4N5O3S/c26-19-10-14(4-5-17(19)21(35)32-13-16-3-1-8-37-16)34-23(38)33(22(36)24(34)6-2-7-24)15-9-18(25(27,28)29)20(11-30)31-12-15/h1,3-5,8-10,12H,2,6-7,13H2,(H,32,35). The van der Waals surface area contributed by atoms with Crippen LogP contribution in [0.3, 0.4) is 0 Å². The van der Waals surface area contributed by atoms with Gasteiger partial charge in [-0.2, -0.15) is 18.4 Å². The minimum Gasteiger partial charge on any atom is -0.467 e. The van der Waals surface area contributed by atoms with E-state index >= 15 is 4.39 Å². The van der Waals surface area contributed by atoms with E-state index in [1.165, 1.54) is 29.4 Å². The molecule has 194 valence electrons. The van der Waals surface area contributed by atoms with Crippen molar-refractivity contribution in [1.82, 2.24) is 10.3 Å². The van der Waals surface area contributed by atoms with Gasteiger partial charge in [-0.15, -0.1) is 0 Å². The summed E-state index contributed by atoms with van der Waals surface area (Å²) >= 11 is 5.51. The van der Waals surface area contributed by atoms with Gasteiger partial charge in [0, 0.05) is 5.69 Å². The van der Waals surface area contributed by atoms with Gasteiger partial charge >= 0.3 is 6.18 Å². The SMILES string of the molecule is N#Cc1ncc(N2C(=O)C3(CCC3)N(c3ccc(C(=O)NCc4ccco4)c(F)c3)C2=S)cc1C(F)(F)F. The van der Waals surface area contributed by atoms with Gasteiger partial charge in [0.1, 0.15) is 23.2 Å². The smallest absolute Gasteiger partial charge is 0.419 e. The number of rotatable bonds is 5. The Morgan fingerprint density at radius 1 is 1.24 bits per heavy atom. The molecule has 1 aromatic carbocycles. The first kappa shape index (κ1) is 25.3. The first-order valence-corrected chi connectivity index (χ1v) is 11.7. The summed E-state index contributed by atoms with van der Waals surface area (Å²) in [6, 6.07) is 9.07. The Kier molecular flexibility index (Phi) is 6.15. The minimum atomic E-state index is -4.89. The molecule has 2 amide bonds. The van der Waals surface area contributed by atoms with Crippen LogP contribution in [0.4, 0.5) is 28.9 Å². The van der Waals surface area contributed by atoms with Crippen molar-refractivity contribution in [3.63, 3.8) is 0 Å². The fourth-order valence-corrected chi connectivity index (χ4v) is 5.06. The number of amides is 2. The maximum atomic E-state index is 15.1. The molecule has 3 aromatic rings. The highest BCUT2D eigenvalue weighted by molar-refractivity contribution is 7.81. The van der Waals surface area contributed by atoms with Crippen molar-refractivity contribution in [2.75, 3.05) is 9.80 Å². The number of hydrogen-bond acceptors (Lipinski definition) is 6. The molecule has 1 aliphatic carbocycles. The van der Waals surface area contributed by atoms with Crippen molar-refractivity contribution in [3.8, 4) is 6.07 Å². The summed E-state index contributed by atoms with van der Waals surface area (Å²) in [5.74, 6) is -1.65. The fraction of sp³-hybridized carbons (Fsp3) is 0.240. The number of pyridine rings is 1. The van der Waals surface area contributed by atoms with Gasteiger partial charge in [-0.3, -0.25) is 14.5 Å². The second kappa shape index (κ2) is 9.21. The van der Waals surface area contributed by atoms with Crippen LogP contribution in [0.2, 0.25) is 0 Å². The maximum absolute atomic E-state index is 15.1. The highest BCUT2D eigenvalue weighted by Gasteiger charge is 2.60. The molecule has 0 bridgehead atoms. The molecule has 8 nitrogen and oxygen atoms in total. The summed E-state index contributed by atoms with van der Waals surface area (Å²) < 4.78 is 60.8. The summed E-state index contributed by atoms with van der Waals surface area (Å²) in [6.07, 6.45) is -1.15. The molecule has 2 fully saturated rings. The summed E-state index contributed by atoms with van der Waals surface area (Å²) in [7, 11) is 0. The first-order chi connectivity index (χ1) is 18.1. The van der Waals surface area contributed by atoms with E-state index in [1.807, 2.05) is 0 Å². The number of anilines is 2. The van der Waals surface area contributed by atoms with E-state index < -0.39 is 40.6 Å². The van der Waals surface area contributed by atoms with E-state index in [0.29, 0.717) is 31.1 Å². The Morgan fingerprint density at radius 2 is 2.00 bits per heavy atom. The molecule has 2 aromatic heterocycles. The fourth-order valence-electron chi connectivity index (χ4n) is 4.59. The van der Waals surface area contributed by atoms with Crippen molar-refractivity contribution >= 4 is 40.5 Å². The molecule has 38 heavy (non-hydrogen) atoms. The average molecular weight is 544 g/mol. The topological polar surface area (TPSA) is 102 Å². The van der Waals surface area contributed by atoms with E-state index in [4.69, 9.17) is 21.9 Å². The predicted molar refractivity (Wildman–Crippen MR) is 129 cm³/mol. The van der Waals surface area contributed by atoms with Crippen molar-refractivity contribution in [1.29, 1.82) is 5.26 Å². The Labute approximate surface area is 218 Å². The Hall–Kier alpha value is -4.31. The minimum absolute atomic E-state index is 0.0499. The molecule has 5 rings (SSSR count). The van der Waals surface area contributed by atoms with Crippen LogP contribution in [-0.2, 0) is 17.5 Å². The Bertz CT molecular complexity index is 1500. The number of alkyl halides is 3. The molecule has 1 N–H and O–H groups in total. The highest BCUT2D eigenvalue weighted by Crippen LogP contribution is 2.48. The Balaban J connectivity index is 1.47. The molecule has 1 saturated heterocycles. The van der Waals surface area contributed by atoms with Crippen molar-refractivity contribution in [3.05, 3.63) is 77.3 Å². The second-order valence-corrected chi connectivity index (χ2v) is 9.13. The van der Waals surface area contributed by atoms with Gasteiger partial charge < -0.3 is 14.6 Å². The van der Waals surface area contributed by atoms with E-state index in [0.717, 1.165) is 17.2 Å². The third kappa shape index (κ3) is 4.06. The molecule has 1 saturated carbocycles. The number of carbonyl (C=O) groups excluding carboxylic acids is 2. The van der Waals surface area contributed by atoms with E-state index in [-0.39, 0.29) is 28.6 Å². The van der Waals surface area contributed by atoms with Crippen LogP contribution in [0.5, 0.6) is 0 Å². The van der Waals surface area contributed by atoms with Crippen LogP contribution < -0.4 is 15.1 Å². The van der Waals surface area contributed by atoms with Crippen LogP contribution >= 0.6 is 12.2 Å². The van der Waals surface area contributed by atoms with Crippen LogP contribution in [0.15, 0.2) is 53.3 Å². The molecule has 2 aliphatic rings. The number of nitrogens with one attached hydrogen (secondary N) is 1. The lowest BCUT2D eigenvalue weighted by Crippen LogP contribution is -2.55. The normalized spacial score (nSPS) is 16.5. The number of halogens is 4. The van der Waals surface area contributed by atoms with E-state index in [1.54, 1.807) is 12.1 Å². The number of hydrogen-bond donors (Lipinski definition) is 1. The first-order valence-electron chi connectivity index (χ1n) is 11.3. The highest BCUT2D eigenvalue weighted by atomic mass is 32.1. The average Bonchev–Trinajstić information content (AvgIpc) is 3.45. The van der Waals surface area contributed by atoms with Gasteiger partial charge in [0.2, 0.25) is 0 Å². The van der Waals surface area contributed by atoms with Gasteiger partial charge in [-0.25, -0.2) is 9.37 Å². The summed E-state index contributed by atoms with van der Waals surface area (Å²) in [5, 5.41) is 11.4. The number of benzene rings is 1. The third-order valence-electron chi connectivity index (χ3n) is 6.59. The predicted octanol–water partition coefficient (Wildman–Crippen LogP) is 4.69. The zero-order valence-electron chi connectivity index (χ0n) is 19.4. The lowest BCUT2D eigenvalue weighted by Gasteiger charge is -2.43. The summed E-state index contributed by atoms with van der Waals surface area (Å²) in [6.45, 7) is 0.0499. The van der Waals surface area contributed by atoms with Gasteiger partial charge in [0.15, 0.2) is 10.8 Å². The van der Waals surface area contributed by atoms with Gasteiger partial charge in [-0.05, 0) is 67.9 Å². The van der Waals surface area contributed by atoms with Gasteiger partial charge in [0.05, 0.1) is 35.8 Å². The summed E-state index contributed by atoms with van der Waals surface area (Å²) in [4.78, 5) is 31.9. The number of thiocarbonyl (C=S) groups is 1. The number of aromatic nitrogens is 1. The van der Waals surface area contributed by atoms with Crippen LogP contribution in [-0.4, -0.2) is 27.4 Å². The van der Waals surface area contributed by atoms with Crippen molar-refractivity contribution in [2.24, 2.45) is 0 Å². The van der Waals surface area contributed by atoms with Crippen LogP contribution in [0.25, 0.3) is 0 Å². The molecule has 1 spiro atoms. The molecule has 0 radical (unpaired) electrons. The van der Waals surface area contributed by atoms with Gasteiger partial charge in [0.25, 0.3) is 11.8 Å². The lowest BCUT2D eigenvalue weighted by molar-refractivity contribution is -0.138. The van der Waals surface area contributed by atoms with Crippen molar-refractivity contribution < 1.29 is 31.6 Å². The molecule has 3 heterocycles. The van der Waals surface area contributed by atoms with Crippen LogP contribution in [0, 0.1) is 17.1 Å². The van der Waals surface area contributed by atoms with E-state index in [2.05, 4.69) is 10.3 Å². The quantitative estimate of drug-likeness (QED) is 0.368. The van der Waals surface area contributed by atoms with Gasteiger partial charge in [-0.1, -0.05) is 0 Å². The van der Waals surface area contributed by atoms with E-state index in [9.17, 15) is 22.8 Å². The van der Waals surface area contributed by atoms with Crippen molar-refractivity contribution in [2.45, 2.75) is 37.5 Å². The third-order valence-corrected chi connectivity index (χ3v) is 6.96. The molecule has 0 atom stereocenters. The Morgan fingerprint density at radius 3 is 2.58 bits per heavy atom. The molecular weight excluding hydrogens is 526 g/mol. The number of carbonyl (C=O) groups is 2. The monoisotopic (exact) mass is 543 g/mol. The number of furan rings is 1. The lowest BCUT2D eigenvalue weighted by atomic mass is 9.75. The molecular formula is C25H17F4N5O3S. The maximum Gasteiger partial charge on any atom is 0.419 e. The number of nitrogens with zero attached hydrogens (tertiary/aromatic N) is 4. The zero-order valence-corrected chi connectivity index (χ0v) is 20.2. The molecule has 0 unspecified atom stereocenters. The van der Waals surface area contributed by atoms with Crippen LogP contribution in [0.1, 0.15) is 46.6 Å². The zero-order chi connectivity index (χ0) is 27.2. The second-order valence-electron chi connectivity index (χ2n) is 8.77. The summed E-state index contributed by atoms with van der Waals surface area (Å²) in [5.41, 5.74) is -3.68.